The van der Waals surface area contributed by atoms with Crippen molar-refractivity contribution in [3.05, 3.63) is 23.1 Å². The minimum Gasteiger partial charge on any atom is -0.353 e. The number of halogens is 2. The SMILES string of the molecule is CN(C)C(=O)C1CCN(c2ncc(Cl)cc2F)C1. The number of rotatable bonds is 2. The van der Waals surface area contributed by atoms with Gasteiger partial charge in [-0.25, -0.2) is 9.37 Å². The first kappa shape index (κ1) is 13.1. The highest BCUT2D eigenvalue weighted by Gasteiger charge is 2.31. The Morgan fingerprint density at radius 1 is 1.61 bits per heavy atom. The van der Waals surface area contributed by atoms with Gasteiger partial charge in [0.05, 0.1) is 10.9 Å². The van der Waals surface area contributed by atoms with Gasteiger partial charge in [-0.2, -0.15) is 0 Å². The molecule has 1 aromatic heterocycles. The van der Waals surface area contributed by atoms with Crippen LogP contribution < -0.4 is 4.90 Å². The van der Waals surface area contributed by atoms with Gasteiger partial charge in [-0.1, -0.05) is 11.6 Å². The van der Waals surface area contributed by atoms with Crippen LogP contribution in [0.15, 0.2) is 12.3 Å². The molecule has 1 aliphatic heterocycles. The summed E-state index contributed by atoms with van der Waals surface area (Å²) < 4.78 is 13.7. The Kier molecular flexibility index (Phi) is 3.71. The number of anilines is 1. The summed E-state index contributed by atoms with van der Waals surface area (Å²) in [5.41, 5.74) is 0. The first-order valence-electron chi connectivity index (χ1n) is 5.76. The van der Waals surface area contributed by atoms with Crippen LogP contribution in [-0.2, 0) is 4.79 Å². The van der Waals surface area contributed by atoms with E-state index in [1.54, 1.807) is 23.9 Å². The molecule has 98 valence electrons. The Hall–Kier alpha value is -1.36. The highest BCUT2D eigenvalue weighted by Crippen LogP contribution is 2.26. The third-order valence-electron chi connectivity index (χ3n) is 3.07. The van der Waals surface area contributed by atoms with Crippen LogP contribution in [0.25, 0.3) is 0 Å². The monoisotopic (exact) mass is 271 g/mol. The van der Waals surface area contributed by atoms with Crippen molar-refractivity contribution in [1.29, 1.82) is 0 Å². The predicted molar refractivity (Wildman–Crippen MR) is 68.2 cm³/mol. The van der Waals surface area contributed by atoms with Gasteiger partial charge in [0.15, 0.2) is 11.6 Å². The summed E-state index contributed by atoms with van der Waals surface area (Å²) in [4.78, 5) is 19.2. The minimum atomic E-state index is -0.444. The third kappa shape index (κ3) is 2.56. The topological polar surface area (TPSA) is 36.4 Å². The zero-order valence-corrected chi connectivity index (χ0v) is 11.1. The Labute approximate surface area is 110 Å². The highest BCUT2D eigenvalue weighted by atomic mass is 35.5. The maximum Gasteiger partial charge on any atom is 0.227 e. The fourth-order valence-electron chi connectivity index (χ4n) is 2.16. The largest absolute Gasteiger partial charge is 0.353 e. The van der Waals surface area contributed by atoms with Crippen LogP contribution in [0.2, 0.25) is 5.02 Å². The summed E-state index contributed by atoms with van der Waals surface area (Å²) in [6, 6.07) is 1.24. The minimum absolute atomic E-state index is 0.0758. The number of nitrogens with zero attached hydrogens (tertiary/aromatic N) is 3. The van der Waals surface area contributed by atoms with Crippen molar-refractivity contribution in [2.75, 3.05) is 32.1 Å². The van der Waals surface area contributed by atoms with E-state index in [9.17, 15) is 9.18 Å². The number of carbonyl (C=O) groups excluding carboxylic acids is 1. The first-order valence-corrected chi connectivity index (χ1v) is 6.14. The van der Waals surface area contributed by atoms with Crippen molar-refractivity contribution in [1.82, 2.24) is 9.88 Å². The van der Waals surface area contributed by atoms with Crippen LogP contribution in [0.3, 0.4) is 0 Å². The Balaban J connectivity index is 2.11. The van der Waals surface area contributed by atoms with Gasteiger partial charge in [-0.3, -0.25) is 4.79 Å². The maximum absolute atomic E-state index is 13.7. The van der Waals surface area contributed by atoms with Gasteiger partial charge in [-0.05, 0) is 12.5 Å². The summed E-state index contributed by atoms with van der Waals surface area (Å²) >= 11 is 5.66. The van der Waals surface area contributed by atoms with Gasteiger partial charge in [0, 0.05) is 33.4 Å². The van der Waals surface area contributed by atoms with Crippen LogP contribution in [0.4, 0.5) is 10.2 Å². The average molecular weight is 272 g/mol. The van der Waals surface area contributed by atoms with Gasteiger partial charge in [0.25, 0.3) is 0 Å². The smallest absolute Gasteiger partial charge is 0.227 e. The van der Waals surface area contributed by atoms with Crippen LogP contribution in [-0.4, -0.2) is 43.0 Å². The standard InChI is InChI=1S/C12H15ClFN3O/c1-16(2)12(18)8-3-4-17(7-8)11-10(14)5-9(13)6-15-11/h5-6,8H,3-4,7H2,1-2H3. The Morgan fingerprint density at radius 3 is 2.94 bits per heavy atom. The second-order valence-corrected chi connectivity index (χ2v) is 5.06. The summed E-state index contributed by atoms with van der Waals surface area (Å²) in [6.45, 7) is 1.14. The quantitative estimate of drug-likeness (QED) is 0.823. The molecule has 4 nitrogen and oxygen atoms in total. The van der Waals surface area contributed by atoms with Crippen LogP contribution in [0.1, 0.15) is 6.42 Å². The van der Waals surface area contributed by atoms with Crippen LogP contribution in [0, 0.1) is 11.7 Å². The summed E-state index contributed by atoms with van der Waals surface area (Å²) in [6.07, 6.45) is 2.14. The van der Waals surface area contributed by atoms with Crippen molar-refractivity contribution in [3.63, 3.8) is 0 Å². The number of carbonyl (C=O) groups is 1. The van der Waals surface area contributed by atoms with E-state index in [4.69, 9.17) is 11.6 Å². The molecule has 1 saturated heterocycles. The van der Waals surface area contributed by atoms with Crippen molar-refractivity contribution < 1.29 is 9.18 Å². The molecule has 1 aliphatic rings. The molecule has 1 atom stereocenters. The van der Waals surface area contributed by atoms with Gasteiger partial charge >= 0.3 is 0 Å². The lowest BCUT2D eigenvalue weighted by Crippen LogP contribution is -2.32. The van der Waals surface area contributed by atoms with Crippen LogP contribution in [0.5, 0.6) is 0 Å². The van der Waals surface area contributed by atoms with E-state index in [1.165, 1.54) is 12.3 Å². The van der Waals surface area contributed by atoms with E-state index in [0.29, 0.717) is 13.1 Å². The number of pyridine rings is 1. The summed E-state index contributed by atoms with van der Waals surface area (Å²) in [7, 11) is 3.46. The molecule has 0 spiro atoms. The molecule has 0 aliphatic carbocycles. The number of aromatic nitrogens is 1. The zero-order chi connectivity index (χ0) is 13.3. The van der Waals surface area contributed by atoms with E-state index in [1.807, 2.05) is 0 Å². The molecular weight excluding hydrogens is 257 g/mol. The van der Waals surface area contributed by atoms with Crippen molar-refractivity contribution >= 4 is 23.3 Å². The highest BCUT2D eigenvalue weighted by molar-refractivity contribution is 6.30. The molecule has 18 heavy (non-hydrogen) atoms. The fourth-order valence-corrected chi connectivity index (χ4v) is 2.30. The van der Waals surface area contributed by atoms with Crippen molar-refractivity contribution in [2.24, 2.45) is 5.92 Å². The second kappa shape index (κ2) is 5.10. The van der Waals surface area contributed by atoms with Gasteiger partial charge < -0.3 is 9.80 Å². The van der Waals surface area contributed by atoms with Crippen molar-refractivity contribution in [3.8, 4) is 0 Å². The lowest BCUT2D eigenvalue weighted by Gasteiger charge is -2.19. The summed E-state index contributed by atoms with van der Waals surface area (Å²) in [5.74, 6) is -0.183. The lowest BCUT2D eigenvalue weighted by molar-refractivity contribution is -0.132. The first-order chi connectivity index (χ1) is 8.49. The third-order valence-corrected chi connectivity index (χ3v) is 3.27. The van der Waals surface area contributed by atoms with E-state index < -0.39 is 5.82 Å². The zero-order valence-electron chi connectivity index (χ0n) is 10.4. The predicted octanol–water partition coefficient (Wildman–Crippen LogP) is 1.79. The van der Waals surface area contributed by atoms with Gasteiger partial charge in [0.2, 0.25) is 5.91 Å². The molecule has 6 heteroatoms. The van der Waals surface area contributed by atoms with Gasteiger partial charge in [0.1, 0.15) is 0 Å². The molecule has 1 unspecified atom stereocenters. The van der Waals surface area contributed by atoms with E-state index in [0.717, 1.165) is 6.42 Å². The number of amides is 1. The molecule has 0 radical (unpaired) electrons. The van der Waals surface area contributed by atoms with Crippen molar-refractivity contribution in [2.45, 2.75) is 6.42 Å². The second-order valence-electron chi connectivity index (χ2n) is 4.62. The molecule has 2 rings (SSSR count). The lowest BCUT2D eigenvalue weighted by atomic mass is 10.1. The molecular formula is C12H15ClFN3O. The normalized spacial score (nSPS) is 19.1. The van der Waals surface area contributed by atoms with E-state index in [2.05, 4.69) is 4.98 Å². The molecule has 0 aromatic carbocycles. The van der Waals surface area contributed by atoms with Crippen LogP contribution >= 0.6 is 11.6 Å². The van der Waals surface area contributed by atoms with E-state index in [-0.39, 0.29) is 22.7 Å². The van der Waals surface area contributed by atoms with Gasteiger partial charge in [-0.15, -0.1) is 0 Å². The summed E-state index contributed by atoms with van der Waals surface area (Å²) in [5, 5.41) is 0.274. The molecule has 1 fully saturated rings. The molecule has 1 amide bonds. The average Bonchev–Trinajstić information content (AvgIpc) is 2.77. The maximum atomic E-state index is 13.7. The Bertz CT molecular complexity index is 467. The Morgan fingerprint density at radius 2 is 2.33 bits per heavy atom. The molecule has 0 saturated carbocycles. The molecule has 2 heterocycles. The van der Waals surface area contributed by atoms with E-state index >= 15 is 0 Å². The molecule has 0 N–H and O–H groups in total. The number of hydrogen-bond donors (Lipinski definition) is 0. The number of hydrogen-bond acceptors (Lipinski definition) is 3. The molecule has 1 aromatic rings. The fraction of sp³-hybridized carbons (Fsp3) is 0.500. The molecule has 0 bridgehead atoms.